The summed E-state index contributed by atoms with van der Waals surface area (Å²) in [4.78, 5) is 20.4. The molecule has 1 amide bonds. The molecule has 0 saturated heterocycles. The second kappa shape index (κ2) is 7.57. The molecule has 0 unspecified atom stereocenters. The molecule has 2 N–H and O–H groups in total. The lowest BCUT2D eigenvalue weighted by atomic mass is 10.2. The number of nitrogens with one attached hydrogen (secondary N) is 2. The van der Waals surface area contributed by atoms with Gasteiger partial charge in [0.15, 0.2) is 0 Å². The summed E-state index contributed by atoms with van der Waals surface area (Å²) in [5.74, 6) is 0.305. The van der Waals surface area contributed by atoms with E-state index in [2.05, 4.69) is 20.6 Å². The van der Waals surface area contributed by atoms with Gasteiger partial charge in [-0.2, -0.15) is 0 Å². The quantitative estimate of drug-likeness (QED) is 0.738. The predicted molar refractivity (Wildman–Crippen MR) is 95.2 cm³/mol. The standard InChI is InChI=1S/C18H15ClN4O/c19-14-8-6-13(7-9-14)10-21-17-12-20-16(11-22-17)18(24)23-15-4-2-1-3-5-15/h1-9,11-12H,10H2,(H,21,22)(H,23,24). The van der Waals surface area contributed by atoms with E-state index in [9.17, 15) is 4.79 Å². The molecule has 6 heteroatoms. The van der Waals surface area contributed by atoms with E-state index in [-0.39, 0.29) is 11.6 Å². The maximum absolute atomic E-state index is 12.1. The number of aromatic nitrogens is 2. The Labute approximate surface area is 144 Å². The maximum Gasteiger partial charge on any atom is 0.275 e. The zero-order valence-electron chi connectivity index (χ0n) is 12.7. The number of anilines is 2. The monoisotopic (exact) mass is 338 g/mol. The zero-order valence-corrected chi connectivity index (χ0v) is 13.5. The van der Waals surface area contributed by atoms with Gasteiger partial charge in [-0.05, 0) is 29.8 Å². The second-order valence-corrected chi connectivity index (χ2v) is 5.52. The topological polar surface area (TPSA) is 66.9 Å². The van der Waals surface area contributed by atoms with E-state index in [1.165, 1.54) is 12.4 Å². The number of halogens is 1. The molecule has 1 heterocycles. The van der Waals surface area contributed by atoms with Gasteiger partial charge in [-0.3, -0.25) is 4.79 Å². The van der Waals surface area contributed by atoms with Crippen LogP contribution < -0.4 is 10.6 Å². The fourth-order valence-electron chi connectivity index (χ4n) is 2.05. The molecule has 0 aliphatic heterocycles. The highest BCUT2D eigenvalue weighted by Crippen LogP contribution is 2.11. The van der Waals surface area contributed by atoms with Crippen LogP contribution in [0.4, 0.5) is 11.5 Å². The lowest BCUT2D eigenvalue weighted by molar-refractivity contribution is 0.102. The van der Waals surface area contributed by atoms with E-state index in [0.29, 0.717) is 23.1 Å². The van der Waals surface area contributed by atoms with E-state index < -0.39 is 0 Å². The fraction of sp³-hybridized carbons (Fsp3) is 0.0556. The number of hydrogen-bond acceptors (Lipinski definition) is 4. The van der Waals surface area contributed by atoms with Gasteiger partial charge >= 0.3 is 0 Å². The first-order valence-corrected chi connectivity index (χ1v) is 7.75. The summed E-state index contributed by atoms with van der Waals surface area (Å²) in [6.45, 7) is 0.599. The van der Waals surface area contributed by atoms with Crippen LogP contribution in [0.25, 0.3) is 0 Å². The minimum absolute atomic E-state index is 0.260. The molecule has 0 fully saturated rings. The summed E-state index contributed by atoms with van der Waals surface area (Å²) in [6, 6.07) is 16.8. The summed E-state index contributed by atoms with van der Waals surface area (Å²) < 4.78 is 0. The van der Waals surface area contributed by atoms with Gasteiger partial charge in [0.1, 0.15) is 11.5 Å². The molecule has 0 bridgehead atoms. The molecule has 0 spiro atoms. The van der Waals surface area contributed by atoms with Crippen LogP contribution in [0.2, 0.25) is 5.02 Å². The van der Waals surface area contributed by atoms with Gasteiger partial charge in [0, 0.05) is 17.3 Å². The molecule has 0 saturated carbocycles. The molecule has 24 heavy (non-hydrogen) atoms. The van der Waals surface area contributed by atoms with E-state index in [1.807, 2.05) is 54.6 Å². The van der Waals surface area contributed by atoms with Gasteiger partial charge in [-0.15, -0.1) is 0 Å². The van der Waals surface area contributed by atoms with Gasteiger partial charge in [0.25, 0.3) is 5.91 Å². The predicted octanol–water partition coefficient (Wildman–Crippen LogP) is 3.99. The summed E-state index contributed by atoms with van der Waals surface area (Å²) in [7, 11) is 0. The van der Waals surface area contributed by atoms with Gasteiger partial charge in [-0.1, -0.05) is 41.9 Å². The van der Waals surface area contributed by atoms with Crippen molar-refractivity contribution >= 4 is 29.0 Å². The highest BCUT2D eigenvalue weighted by molar-refractivity contribution is 6.30. The summed E-state index contributed by atoms with van der Waals surface area (Å²) in [6.07, 6.45) is 2.98. The highest BCUT2D eigenvalue weighted by Gasteiger charge is 2.08. The van der Waals surface area contributed by atoms with Crippen molar-refractivity contribution in [3.63, 3.8) is 0 Å². The number of carbonyl (C=O) groups excluding carboxylic acids is 1. The Kier molecular flexibility index (Phi) is 5.03. The Morgan fingerprint density at radius 2 is 1.71 bits per heavy atom. The van der Waals surface area contributed by atoms with Crippen molar-refractivity contribution < 1.29 is 4.79 Å². The maximum atomic E-state index is 12.1. The van der Waals surface area contributed by atoms with Crippen molar-refractivity contribution in [2.45, 2.75) is 6.54 Å². The lowest BCUT2D eigenvalue weighted by Crippen LogP contribution is -2.14. The number of amides is 1. The van der Waals surface area contributed by atoms with Crippen LogP contribution in [-0.4, -0.2) is 15.9 Å². The molecule has 0 aliphatic carbocycles. The van der Waals surface area contributed by atoms with Crippen LogP contribution in [0.15, 0.2) is 67.0 Å². The first-order valence-electron chi connectivity index (χ1n) is 7.37. The number of para-hydroxylation sites is 1. The molecule has 3 rings (SSSR count). The third kappa shape index (κ3) is 4.30. The van der Waals surface area contributed by atoms with Gasteiger partial charge < -0.3 is 10.6 Å². The normalized spacial score (nSPS) is 10.2. The molecule has 120 valence electrons. The van der Waals surface area contributed by atoms with Crippen molar-refractivity contribution in [2.24, 2.45) is 0 Å². The van der Waals surface area contributed by atoms with Crippen molar-refractivity contribution in [1.82, 2.24) is 9.97 Å². The smallest absolute Gasteiger partial charge is 0.275 e. The van der Waals surface area contributed by atoms with E-state index in [0.717, 1.165) is 5.56 Å². The molecule has 3 aromatic rings. The van der Waals surface area contributed by atoms with E-state index in [1.54, 1.807) is 0 Å². The molecular weight excluding hydrogens is 324 g/mol. The van der Waals surface area contributed by atoms with Crippen LogP contribution in [-0.2, 0) is 6.54 Å². The zero-order chi connectivity index (χ0) is 16.8. The average Bonchev–Trinajstić information content (AvgIpc) is 2.62. The summed E-state index contributed by atoms with van der Waals surface area (Å²) in [5.41, 5.74) is 2.05. The van der Waals surface area contributed by atoms with Crippen molar-refractivity contribution in [3.8, 4) is 0 Å². The first kappa shape index (κ1) is 16.0. The SMILES string of the molecule is O=C(Nc1ccccc1)c1cnc(NCc2ccc(Cl)cc2)cn1. The largest absolute Gasteiger partial charge is 0.365 e. The first-order chi connectivity index (χ1) is 11.7. The number of rotatable bonds is 5. The van der Waals surface area contributed by atoms with Crippen LogP contribution >= 0.6 is 11.6 Å². The molecule has 0 atom stereocenters. The Bertz CT molecular complexity index is 805. The van der Waals surface area contributed by atoms with E-state index >= 15 is 0 Å². The Morgan fingerprint density at radius 3 is 2.38 bits per heavy atom. The molecular formula is C18H15ClN4O. The van der Waals surface area contributed by atoms with Crippen molar-refractivity contribution in [3.05, 3.63) is 83.3 Å². The fourth-order valence-corrected chi connectivity index (χ4v) is 2.17. The van der Waals surface area contributed by atoms with Gasteiger partial charge in [0.05, 0.1) is 12.4 Å². The number of benzene rings is 2. The Hall–Kier alpha value is -2.92. The molecule has 0 radical (unpaired) electrons. The van der Waals surface area contributed by atoms with Crippen molar-refractivity contribution in [1.29, 1.82) is 0 Å². The second-order valence-electron chi connectivity index (χ2n) is 5.09. The van der Waals surface area contributed by atoms with Crippen LogP contribution in [0.5, 0.6) is 0 Å². The minimum atomic E-state index is -0.294. The van der Waals surface area contributed by atoms with E-state index in [4.69, 9.17) is 11.6 Å². The number of carbonyl (C=O) groups is 1. The number of hydrogen-bond donors (Lipinski definition) is 2. The average molecular weight is 339 g/mol. The van der Waals surface area contributed by atoms with Gasteiger partial charge in [0.2, 0.25) is 0 Å². The third-order valence-corrected chi connectivity index (χ3v) is 3.56. The van der Waals surface area contributed by atoms with Crippen molar-refractivity contribution in [2.75, 3.05) is 10.6 Å². The third-order valence-electron chi connectivity index (χ3n) is 3.30. The van der Waals surface area contributed by atoms with Crippen LogP contribution in [0, 0.1) is 0 Å². The molecule has 1 aromatic heterocycles. The molecule has 5 nitrogen and oxygen atoms in total. The summed E-state index contributed by atoms with van der Waals surface area (Å²) in [5, 5.41) is 6.62. The van der Waals surface area contributed by atoms with Gasteiger partial charge in [-0.25, -0.2) is 9.97 Å². The molecule has 0 aliphatic rings. The minimum Gasteiger partial charge on any atom is -0.365 e. The summed E-state index contributed by atoms with van der Waals surface area (Å²) >= 11 is 5.85. The lowest BCUT2D eigenvalue weighted by Gasteiger charge is -2.07. The molecule has 2 aromatic carbocycles. The van der Waals surface area contributed by atoms with Crippen LogP contribution in [0.1, 0.15) is 16.1 Å². The Balaban J connectivity index is 1.58. The van der Waals surface area contributed by atoms with Crippen LogP contribution in [0.3, 0.4) is 0 Å². The highest BCUT2D eigenvalue weighted by atomic mass is 35.5. The number of nitrogens with zero attached hydrogens (tertiary/aromatic N) is 2. The Morgan fingerprint density at radius 1 is 0.958 bits per heavy atom.